The average molecular weight is 264 g/mol. The average Bonchev–Trinajstić information content (AvgIpc) is 2.14. The number of carboxylic acid groups (broad SMARTS) is 1. The largest absolute Gasteiger partial charge is 0.481 e. The van der Waals surface area contributed by atoms with E-state index in [2.05, 4.69) is 15.9 Å². The molecule has 0 heterocycles. The lowest BCUT2D eigenvalue weighted by molar-refractivity contribution is -0.139. The van der Waals surface area contributed by atoms with Gasteiger partial charge in [-0.25, -0.2) is 0 Å². The van der Waals surface area contributed by atoms with Gasteiger partial charge in [0, 0.05) is 11.8 Å². The van der Waals surface area contributed by atoms with E-state index in [1.54, 1.807) is 6.92 Å². The Balaban J connectivity index is 4.28. The molecule has 0 saturated carbocycles. The van der Waals surface area contributed by atoms with Gasteiger partial charge in [0.05, 0.1) is 5.71 Å². The number of Topliss-reactive ketones (excluding diaryl/α,β-unsaturated/α-hetero) is 1. The number of halogens is 1. The van der Waals surface area contributed by atoms with Crippen molar-refractivity contribution in [1.29, 1.82) is 5.41 Å². The summed E-state index contributed by atoms with van der Waals surface area (Å²) in [5, 5.41) is 16.8. The Labute approximate surface area is 91.3 Å². The molecule has 2 N–H and O–H groups in total. The van der Waals surface area contributed by atoms with Gasteiger partial charge in [-0.1, -0.05) is 22.9 Å². The van der Waals surface area contributed by atoms with Crippen molar-refractivity contribution in [3.63, 3.8) is 0 Å². The summed E-state index contributed by atoms with van der Waals surface area (Å²) < 4.78 is 0. The summed E-state index contributed by atoms with van der Waals surface area (Å²) >= 11 is 3.17. The number of hydrogen-bond donors (Lipinski definition) is 2. The van der Waals surface area contributed by atoms with Crippen LogP contribution in [0.25, 0.3) is 0 Å². The molecule has 0 aliphatic rings. The molecular weight excluding hydrogens is 250 g/mol. The van der Waals surface area contributed by atoms with Crippen molar-refractivity contribution in [1.82, 2.24) is 0 Å². The van der Waals surface area contributed by atoms with Gasteiger partial charge in [0.1, 0.15) is 5.92 Å². The van der Waals surface area contributed by atoms with Gasteiger partial charge in [0.15, 0.2) is 5.78 Å². The van der Waals surface area contributed by atoms with Crippen LogP contribution in [0, 0.1) is 11.3 Å². The van der Waals surface area contributed by atoms with Crippen LogP contribution in [0.4, 0.5) is 0 Å². The molecule has 0 radical (unpaired) electrons. The molecule has 0 amide bonds. The van der Waals surface area contributed by atoms with E-state index in [4.69, 9.17) is 10.5 Å². The molecule has 0 aromatic carbocycles. The fourth-order valence-corrected chi connectivity index (χ4v) is 1.34. The molecule has 4 nitrogen and oxygen atoms in total. The molecule has 0 rings (SSSR count). The van der Waals surface area contributed by atoms with Crippen LogP contribution in [0.3, 0.4) is 0 Å². The lowest BCUT2D eigenvalue weighted by atomic mass is 9.95. The van der Waals surface area contributed by atoms with Gasteiger partial charge < -0.3 is 10.5 Å². The molecule has 0 unspecified atom stereocenters. The van der Waals surface area contributed by atoms with Crippen molar-refractivity contribution < 1.29 is 14.7 Å². The van der Waals surface area contributed by atoms with Crippen LogP contribution in [0.5, 0.6) is 0 Å². The summed E-state index contributed by atoms with van der Waals surface area (Å²) in [5.41, 5.74) is -0.277. The zero-order valence-corrected chi connectivity index (χ0v) is 9.63. The van der Waals surface area contributed by atoms with Crippen LogP contribution in [0.1, 0.15) is 26.2 Å². The third-order valence-electron chi connectivity index (χ3n) is 1.89. The molecule has 80 valence electrons. The first-order chi connectivity index (χ1) is 6.54. The first-order valence-corrected chi connectivity index (χ1v) is 5.57. The Kier molecular flexibility index (Phi) is 6.36. The van der Waals surface area contributed by atoms with E-state index >= 15 is 0 Å². The molecular formula is C9H14BrNO3. The highest BCUT2D eigenvalue weighted by Gasteiger charge is 2.25. The Morgan fingerprint density at radius 1 is 1.50 bits per heavy atom. The van der Waals surface area contributed by atoms with Gasteiger partial charge in [0.2, 0.25) is 0 Å². The van der Waals surface area contributed by atoms with Crippen LogP contribution < -0.4 is 0 Å². The second kappa shape index (κ2) is 6.70. The summed E-state index contributed by atoms with van der Waals surface area (Å²) in [6.07, 6.45) is 1.17. The van der Waals surface area contributed by atoms with Gasteiger partial charge in [-0.15, -0.1) is 0 Å². The highest BCUT2D eigenvalue weighted by atomic mass is 79.9. The number of carbonyl (C=O) groups is 2. The highest BCUT2D eigenvalue weighted by molar-refractivity contribution is 9.09. The van der Waals surface area contributed by atoms with Gasteiger partial charge in [0.25, 0.3) is 0 Å². The van der Waals surface area contributed by atoms with Gasteiger partial charge in [-0.05, 0) is 12.8 Å². The molecule has 0 bridgehead atoms. The number of rotatable bonds is 7. The van der Waals surface area contributed by atoms with Crippen LogP contribution in [-0.2, 0) is 9.59 Å². The number of ketones is 1. The maximum atomic E-state index is 11.3. The van der Waals surface area contributed by atoms with E-state index < -0.39 is 11.9 Å². The van der Waals surface area contributed by atoms with E-state index in [9.17, 15) is 9.59 Å². The summed E-state index contributed by atoms with van der Waals surface area (Å²) in [5.74, 6) is -2.40. The second-order valence-corrected chi connectivity index (χ2v) is 3.72. The SMILES string of the molecule is CC[C@@H](C(=N)C(=O)CCCBr)C(=O)O. The van der Waals surface area contributed by atoms with Crippen molar-refractivity contribution in [2.75, 3.05) is 5.33 Å². The molecule has 14 heavy (non-hydrogen) atoms. The Morgan fingerprint density at radius 3 is 2.43 bits per heavy atom. The normalized spacial score (nSPS) is 12.1. The quantitative estimate of drug-likeness (QED) is 0.544. The standard InChI is InChI=1S/C9H14BrNO3/c1-2-6(9(13)14)8(11)7(12)4-3-5-10/h6,11H,2-5H2,1H3,(H,13,14)/t6-/m0/s1. The van der Waals surface area contributed by atoms with E-state index in [0.717, 1.165) is 0 Å². The van der Waals surface area contributed by atoms with Gasteiger partial charge in [-0.2, -0.15) is 0 Å². The lowest BCUT2D eigenvalue weighted by Gasteiger charge is -2.09. The Hall–Kier alpha value is -0.710. The fraction of sp³-hybridized carbons (Fsp3) is 0.667. The van der Waals surface area contributed by atoms with Crippen molar-refractivity contribution in [2.24, 2.45) is 5.92 Å². The maximum absolute atomic E-state index is 11.3. The molecule has 0 fully saturated rings. The molecule has 0 aromatic heterocycles. The monoisotopic (exact) mass is 263 g/mol. The first-order valence-electron chi connectivity index (χ1n) is 4.45. The predicted molar refractivity (Wildman–Crippen MR) is 57.2 cm³/mol. The predicted octanol–water partition coefficient (Wildman–Crippen LogP) is 1.86. The van der Waals surface area contributed by atoms with E-state index in [0.29, 0.717) is 11.8 Å². The topological polar surface area (TPSA) is 78.2 Å². The summed E-state index contributed by atoms with van der Waals surface area (Å²) in [6.45, 7) is 1.66. The van der Waals surface area contributed by atoms with Gasteiger partial charge >= 0.3 is 5.97 Å². The molecule has 5 heteroatoms. The van der Waals surface area contributed by atoms with Crippen LogP contribution in [0.2, 0.25) is 0 Å². The van der Waals surface area contributed by atoms with Crippen molar-refractivity contribution in [3.8, 4) is 0 Å². The van der Waals surface area contributed by atoms with E-state index in [1.807, 2.05) is 0 Å². The molecule has 1 atom stereocenters. The highest BCUT2D eigenvalue weighted by Crippen LogP contribution is 2.08. The number of carbonyl (C=O) groups excluding carboxylic acids is 1. The number of nitrogens with one attached hydrogen (secondary N) is 1. The molecule has 0 saturated heterocycles. The van der Waals surface area contributed by atoms with Crippen molar-refractivity contribution >= 4 is 33.4 Å². The van der Waals surface area contributed by atoms with E-state index in [-0.39, 0.29) is 24.3 Å². The number of aliphatic carboxylic acids is 1. The number of hydrogen-bond acceptors (Lipinski definition) is 3. The molecule has 0 aliphatic heterocycles. The van der Waals surface area contributed by atoms with Crippen LogP contribution in [0.15, 0.2) is 0 Å². The minimum atomic E-state index is -1.09. The maximum Gasteiger partial charge on any atom is 0.312 e. The summed E-state index contributed by atoms with van der Waals surface area (Å²) in [7, 11) is 0. The van der Waals surface area contributed by atoms with Crippen LogP contribution in [-0.4, -0.2) is 27.9 Å². The zero-order chi connectivity index (χ0) is 11.1. The summed E-state index contributed by atoms with van der Waals surface area (Å²) in [6, 6.07) is 0. The summed E-state index contributed by atoms with van der Waals surface area (Å²) in [4.78, 5) is 21.9. The van der Waals surface area contributed by atoms with Crippen molar-refractivity contribution in [2.45, 2.75) is 26.2 Å². The zero-order valence-electron chi connectivity index (χ0n) is 8.05. The Morgan fingerprint density at radius 2 is 2.07 bits per heavy atom. The molecule has 0 aliphatic carbocycles. The Bertz CT molecular complexity index is 240. The molecule has 0 aromatic rings. The number of alkyl halides is 1. The number of carboxylic acids is 1. The van der Waals surface area contributed by atoms with Gasteiger partial charge in [-0.3, -0.25) is 9.59 Å². The first kappa shape index (κ1) is 13.3. The van der Waals surface area contributed by atoms with Crippen LogP contribution >= 0.6 is 15.9 Å². The third-order valence-corrected chi connectivity index (χ3v) is 2.45. The second-order valence-electron chi connectivity index (χ2n) is 2.93. The van der Waals surface area contributed by atoms with Crippen molar-refractivity contribution in [3.05, 3.63) is 0 Å². The fourth-order valence-electron chi connectivity index (χ4n) is 1.06. The third kappa shape index (κ3) is 4.00. The van der Waals surface area contributed by atoms with E-state index in [1.165, 1.54) is 0 Å². The minimum Gasteiger partial charge on any atom is -0.481 e. The molecule has 0 spiro atoms. The lowest BCUT2D eigenvalue weighted by Crippen LogP contribution is -2.29. The minimum absolute atomic E-state index is 0.244. The smallest absolute Gasteiger partial charge is 0.312 e.